The van der Waals surface area contributed by atoms with Gasteiger partial charge in [0.15, 0.2) is 0 Å². The van der Waals surface area contributed by atoms with Crippen molar-refractivity contribution >= 4 is 28.1 Å². The molecular formula is C15H27NO2Si2. The zero-order valence-electron chi connectivity index (χ0n) is 13.8. The number of hydrogen-bond acceptors (Lipinski definition) is 3. The van der Waals surface area contributed by atoms with Crippen LogP contribution in [-0.4, -0.2) is 29.0 Å². The topological polar surface area (TPSA) is 29.5 Å². The molecule has 1 aromatic rings. The van der Waals surface area contributed by atoms with E-state index in [0.717, 1.165) is 5.69 Å². The van der Waals surface area contributed by atoms with Crippen LogP contribution >= 0.6 is 0 Å². The van der Waals surface area contributed by atoms with Crippen molar-refractivity contribution in [3.05, 3.63) is 29.8 Å². The molecule has 0 radical (unpaired) electrons. The highest BCUT2D eigenvalue weighted by Gasteiger charge is 2.34. The average molecular weight is 310 g/mol. The third-order valence-electron chi connectivity index (χ3n) is 2.96. The molecule has 0 aromatic heterocycles. The molecule has 0 bridgehead atoms. The summed E-state index contributed by atoms with van der Waals surface area (Å²) in [7, 11) is -2.99. The van der Waals surface area contributed by atoms with Crippen molar-refractivity contribution in [1.29, 1.82) is 0 Å². The predicted molar refractivity (Wildman–Crippen MR) is 91.6 cm³/mol. The van der Waals surface area contributed by atoms with E-state index < -0.39 is 16.5 Å². The molecule has 0 atom stereocenters. The van der Waals surface area contributed by atoms with Gasteiger partial charge in [0.25, 0.3) is 0 Å². The number of anilines is 1. The van der Waals surface area contributed by atoms with Crippen LogP contribution in [0.15, 0.2) is 24.3 Å². The molecule has 0 aliphatic carbocycles. The molecule has 0 saturated heterocycles. The molecule has 112 valence electrons. The Kier molecular flexibility index (Phi) is 5.21. The van der Waals surface area contributed by atoms with Crippen molar-refractivity contribution in [3.8, 4) is 0 Å². The molecule has 0 aliphatic rings. The molecule has 0 N–H and O–H groups in total. The number of rotatable bonds is 5. The van der Waals surface area contributed by atoms with Crippen molar-refractivity contribution < 1.29 is 9.53 Å². The molecule has 20 heavy (non-hydrogen) atoms. The van der Waals surface area contributed by atoms with Gasteiger partial charge in [-0.2, -0.15) is 0 Å². The van der Waals surface area contributed by atoms with Gasteiger partial charge in [-0.15, -0.1) is 0 Å². The van der Waals surface area contributed by atoms with Crippen molar-refractivity contribution in [2.45, 2.75) is 46.2 Å². The second-order valence-corrected chi connectivity index (χ2v) is 17.0. The Bertz CT molecular complexity index is 461. The molecule has 0 amide bonds. The van der Waals surface area contributed by atoms with E-state index in [4.69, 9.17) is 4.74 Å². The molecule has 3 nitrogen and oxygen atoms in total. The van der Waals surface area contributed by atoms with Gasteiger partial charge in [0, 0.05) is 5.69 Å². The van der Waals surface area contributed by atoms with Gasteiger partial charge in [0.05, 0.1) is 12.2 Å². The molecule has 0 fully saturated rings. The van der Waals surface area contributed by atoms with Crippen LogP contribution in [0.25, 0.3) is 0 Å². The highest BCUT2D eigenvalue weighted by molar-refractivity contribution is 6.99. The summed E-state index contributed by atoms with van der Waals surface area (Å²) in [5.41, 5.74) is 1.81. The normalized spacial score (nSPS) is 12.2. The fourth-order valence-electron chi connectivity index (χ4n) is 2.77. The van der Waals surface area contributed by atoms with E-state index >= 15 is 0 Å². The second-order valence-electron chi connectivity index (χ2n) is 6.95. The highest BCUT2D eigenvalue weighted by Crippen LogP contribution is 2.29. The molecule has 1 aromatic carbocycles. The average Bonchev–Trinajstić information content (AvgIpc) is 2.25. The lowest BCUT2D eigenvalue weighted by atomic mass is 10.2. The van der Waals surface area contributed by atoms with Gasteiger partial charge < -0.3 is 8.97 Å². The highest BCUT2D eigenvalue weighted by atomic mass is 28.4. The minimum Gasteiger partial charge on any atom is -0.462 e. The van der Waals surface area contributed by atoms with Gasteiger partial charge in [0.2, 0.25) is 0 Å². The lowest BCUT2D eigenvalue weighted by Gasteiger charge is -2.46. The number of nitrogens with zero attached hydrogens (tertiary/aromatic N) is 1. The predicted octanol–water partition coefficient (Wildman–Crippen LogP) is 4.34. The first kappa shape index (κ1) is 17.0. The van der Waals surface area contributed by atoms with Crippen LogP contribution in [0, 0.1) is 0 Å². The Balaban J connectivity index is 3.23. The van der Waals surface area contributed by atoms with E-state index in [1.807, 2.05) is 25.1 Å². The molecule has 0 saturated carbocycles. The van der Waals surface area contributed by atoms with Gasteiger partial charge in [0.1, 0.15) is 16.5 Å². The number of ether oxygens (including phenoxy) is 1. The minimum absolute atomic E-state index is 0.236. The maximum Gasteiger partial charge on any atom is 0.338 e. The summed E-state index contributed by atoms with van der Waals surface area (Å²) in [6.45, 7) is 16.3. The fourth-order valence-corrected chi connectivity index (χ4v) is 12.6. The van der Waals surface area contributed by atoms with Gasteiger partial charge in [-0.1, -0.05) is 45.3 Å². The Labute approximate surface area is 125 Å². The summed E-state index contributed by atoms with van der Waals surface area (Å²) in [5.74, 6) is -0.236. The fraction of sp³-hybridized carbons (Fsp3) is 0.533. The largest absolute Gasteiger partial charge is 0.462 e. The zero-order chi connectivity index (χ0) is 15.6. The SMILES string of the molecule is CCOC(=O)c1cccc(N([Si](C)(C)C)[Si](C)(C)C)c1. The van der Waals surface area contributed by atoms with Crippen LogP contribution in [0.4, 0.5) is 5.69 Å². The Morgan fingerprint density at radius 1 is 1.10 bits per heavy atom. The van der Waals surface area contributed by atoms with Crippen molar-refractivity contribution in [2.75, 3.05) is 10.8 Å². The van der Waals surface area contributed by atoms with E-state index in [9.17, 15) is 4.79 Å². The van der Waals surface area contributed by atoms with E-state index in [-0.39, 0.29) is 5.97 Å². The summed E-state index contributed by atoms with van der Waals surface area (Å²) in [4.78, 5) is 11.9. The number of hydrogen-bond donors (Lipinski definition) is 0. The van der Waals surface area contributed by atoms with E-state index in [2.05, 4.69) is 49.6 Å². The summed E-state index contributed by atoms with van der Waals surface area (Å²) in [6.07, 6.45) is 0. The monoisotopic (exact) mass is 309 g/mol. The van der Waals surface area contributed by atoms with Crippen molar-refractivity contribution in [1.82, 2.24) is 0 Å². The van der Waals surface area contributed by atoms with Crippen LogP contribution in [-0.2, 0) is 4.74 Å². The van der Waals surface area contributed by atoms with Gasteiger partial charge in [-0.25, -0.2) is 4.79 Å². The summed E-state index contributed by atoms with van der Waals surface area (Å²) >= 11 is 0. The molecule has 0 spiro atoms. The van der Waals surface area contributed by atoms with Crippen LogP contribution < -0.4 is 4.23 Å². The first-order valence-corrected chi connectivity index (χ1v) is 14.0. The maximum absolute atomic E-state index is 11.9. The second kappa shape index (κ2) is 6.14. The molecule has 0 aliphatic heterocycles. The third-order valence-corrected chi connectivity index (χ3v) is 10.2. The number of esters is 1. The van der Waals surface area contributed by atoms with Gasteiger partial charge in [-0.05, 0) is 25.1 Å². The van der Waals surface area contributed by atoms with Crippen LogP contribution in [0.2, 0.25) is 39.3 Å². The molecule has 1 rings (SSSR count). The third kappa shape index (κ3) is 4.21. The smallest absolute Gasteiger partial charge is 0.338 e. The summed E-state index contributed by atoms with van der Waals surface area (Å²) in [5, 5.41) is 0. The van der Waals surface area contributed by atoms with E-state index in [1.165, 1.54) is 0 Å². The number of carbonyl (C=O) groups is 1. The quantitative estimate of drug-likeness (QED) is 0.598. The van der Waals surface area contributed by atoms with Crippen molar-refractivity contribution in [3.63, 3.8) is 0 Å². The van der Waals surface area contributed by atoms with Crippen LogP contribution in [0.5, 0.6) is 0 Å². The van der Waals surface area contributed by atoms with E-state index in [0.29, 0.717) is 12.2 Å². The Hall–Kier alpha value is -1.08. The molecular weight excluding hydrogens is 282 g/mol. The minimum atomic E-state index is -1.50. The lowest BCUT2D eigenvalue weighted by Crippen LogP contribution is -2.59. The first-order chi connectivity index (χ1) is 9.07. The van der Waals surface area contributed by atoms with E-state index in [1.54, 1.807) is 0 Å². The maximum atomic E-state index is 11.9. The Morgan fingerprint density at radius 3 is 2.10 bits per heavy atom. The van der Waals surface area contributed by atoms with Crippen LogP contribution in [0.3, 0.4) is 0 Å². The molecule has 0 unspecified atom stereocenters. The number of carbonyl (C=O) groups excluding carboxylic acids is 1. The molecule has 5 heteroatoms. The Morgan fingerprint density at radius 2 is 1.65 bits per heavy atom. The van der Waals surface area contributed by atoms with Crippen molar-refractivity contribution in [2.24, 2.45) is 0 Å². The number of benzene rings is 1. The zero-order valence-corrected chi connectivity index (χ0v) is 15.8. The summed E-state index contributed by atoms with van der Waals surface area (Å²) in [6, 6.07) is 7.87. The first-order valence-electron chi connectivity index (χ1n) is 7.15. The summed E-state index contributed by atoms with van der Waals surface area (Å²) < 4.78 is 7.70. The van der Waals surface area contributed by atoms with Gasteiger partial charge >= 0.3 is 5.97 Å². The van der Waals surface area contributed by atoms with Crippen LogP contribution in [0.1, 0.15) is 17.3 Å². The van der Waals surface area contributed by atoms with Gasteiger partial charge in [-0.3, -0.25) is 0 Å². The standard InChI is InChI=1S/C15H27NO2Si2/c1-8-18-15(17)13-10-9-11-14(12-13)16(19(2,3)4)20(5,6)7/h9-12H,8H2,1-7H3. The lowest BCUT2D eigenvalue weighted by molar-refractivity contribution is 0.0526. The molecule has 0 heterocycles.